The van der Waals surface area contributed by atoms with Crippen molar-refractivity contribution in [2.75, 3.05) is 26.7 Å². The molecule has 0 radical (unpaired) electrons. The summed E-state index contributed by atoms with van der Waals surface area (Å²) in [6.07, 6.45) is 0.784. The third-order valence-corrected chi connectivity index (χ3v) is 3.25. The minimum atomic E-state index is -0.314. The van der Waals surface area contributed by atoms with Crippen LogP contribution in [0.3, 0.4) is 0 Å². The molecule has 98 valence electrons. The fraction of sp³-hybridized carbons (Fsp3) is 0.750. The van der Waals surface area contributed by atoms with Crippen LogP contribution in [0.15, 0.2) is 5.38 Å². The van der Waals surface area contributed by atoms with E-state index in [1.54, 1.807) is 11.3 Å². The van der Waals surface area contributed by atoms with Gasteiger partial charge in [-0.05, 0) is 26.9 Å². The van der Waals surface area contributed by atoms with E-state index in [1.165, 1.54) is 0 Å². The van der Waals surface area contributed by atoms with Gasteiger partial charge in [-0.25, -0.2) is 4.98 Å². The van der Waals surface area contributed by atoms with Crippen LogP contribution in [0.2, 0.25) is 0 Å². The molecule has 17 heavy (non-hydrogen) atoms. The van der Waals surface area contributed by atoms with E-state index < -0.39 is 0 Å². The van der Waals surface area contributed by atoms with Crippen LogP contribution >= 0.6 is 11.3 Å². The fourth-order valence-electron chi connectivity index (χ4n) is 1.69. The summed E-state index contributed by atoms with van der Waals surface area (Å²) in [7, 11) is 2.01. The van der Waals surface area contributed by atoms with Crippen LogP contribution in [0.1, 0.15) is 24.0 Å². The normalized spacial score (nSPS) is 13.2. The van der Waals surface area contributed by atoms with E-state index in [0.717, 1.165) is 30.2 Å². The Balaban J connectivity index is 2.21. The molecule has 0 saturated heterocycles. The molecule has 0 fully saturated rings. The molecule has 1 unspecified atom stereocenters. The summed E-state index contributed by atoms with van der Waals surface area (Å²) in [4.78, 5) is 6.52. The van der Waals surface area contributed by atoms with Crippen LogP contribution < -0.4 is 5.32 Å². The van der Waals surface area contributed by atoms with Crippen molar-refractivity contribution in [1.82, 2.24) is 15.2 Å². The van der Waals surface area contributed by atoms with Crippen molar-refractivity contribution in [3.63, 3.8) is 0 Å². The molecule has 1 aromatic rings. The van der Waals surface area contributed by atoms with E-state index in [1.807, 2.05) is 14.0 Å². The monoisotopic (exact) mass is 257 g/mol. The summed E-state index contributed by atoms with van der Waals surface area (Å²) in [5, 5.41) is 16.2. The van der Waals surface area contributed by atoms with Crippen LogP contribution in [0.25, 0.3) is 0 Å². The van der Waals surface area contributed by atoms with Gasteiger partial charge in [-0.15, -0.1) is 11.3 Å². The van der Waals surface area contributed by atoms with E-state index in [0.29, 0.717) is 13.1 Å². The Morgan fingerprint density at radius 3 is 2.94 bits per heavy atom. The average molecular weight is 257 g/mol. The number of hydrogen-bond acceptors (Lipinski definition) is 5. The molecule has 1 heterocycles. The first-order valence-corrected chi connectivity index (χ1v) is 6.98. The van der Waals surface area contributed by atoms with Gasteiger partial charge in [0.2, 0.25) is 0 Å². The minimum absolute atomic E-state index is 0.314. The Kier molecular flexibility index (Phi) is 6.65. The predicted octanol–water partition coefficient (Wildman–Crippen LogP) is 1.24. The van der Waals surface area contributed by atoms with Gasteiger partial charge in [0.25, 0.3) is 0 Å². The Labute approximate surface area is 108 Å². The average Bonchev–Trinajstić information content (AvgIpc) is 2.64. The number of hydrogen-bond donors (Lipinski definition) is 2. The first-order chi connectivity index (χ1) is 8.11. The van der Waals surface area contributed by atoms with E-state index in [4.69, 9.17) is 0 Å². The van der Waals surface area contributed by atoms with Crippen LogP contribution in [0.5, 0.6) is 0 Å². The van der Waals surface area contributed by atoms with Crippen molar-refractivity contribution in [3.05, 3.63) is 16.1 Å². The number of aromatic nitrogens is 1. The molecule has 0 aliphatic carbocycles. The third-order valence-electron chi connectivity index (χ3n) is 2.43. The number of nitrogens with zero attached hydrogens (tertiary/aromatic N) is 2. The summed E-state index contributed by atoms with van der Waals surface area (Å²) in [6, 6.07) is 0. The van der Waals surface area contributed by atoms with Gasteiger partial charge in [0.1, 0.15) is 0 Å². The molecule has 0 aromatic carbocycles. The first-order valence-electron chi connectivity index (χ1n) is 6.10. The van der Waals surface area contributed by atoms with E-state index >= 15 is 0 Å². The summed E-state index contributed by atoms with van der Waals surface area (Å²) in [6.45, 7) is 7.23. The second kappa shape index (κ2) is 7.76. The number of thiazole rings is 1. The van der Waals surface area contributed by atoms with Crippen molar-refractivity contribution >= 4 is 11.3 Å². The highest BCUT2D eigenvalue weighted by atomic mass is 32.1. The van der Waals surface area contributed by atoms with Crippen molar-refractivity contribution in [1.29, 1.82) is 0 Å². The van der Waals surface area contributed by atoms with E-state index in [-0.39, 0.29) is 6.10 Å². The van der Waals surface area contributed by atoms with Gasteiger partial charge in [0, 0.05) is 25.0 Å². The Morgan fingerprint density at radius 2 is 2.35 bits per heavy atom. The number of likely N-dealkylation sites (N-methyl/N-ethyl adjacent to an activating group) is 1. The van der Waals surface area contributed by atoms with Crippen LogP contribution in [-0.2, 0) is 6.54 Å². The lowest BCUT2D eigenvalue weighted by atomic mass is 10.3. The second-order valence-corrected chi connectivity index (χ2v) is 5.47. The smallest absolute Gasteiger partial charge is 0.0897 e. The highest BCUT2D eigenvalue weighted by Crippen LogP contribution is 2.09. The predicted molar refractivity (Wildman–Crippen MR) is 72.4 cm³/mol. The molecule has 0 saturated carbocycles. The number of rotatable bonds is 8. The third kappa shape index (κ3) is 6.12. The van der Waals surface area contributed by atoms with Gasteiger partial charge in [-0.1, -0.05) is 6.92 Å². The second-order valence-electron chi connectivity index (χ2n) is 4.41. The Bertz CT molecular complexity index is 316. The lowest BCUT2D eigenvalue weighted by Crippen LogP contribution is -2.36. The van der Waals surface area contributed by atoms with Crippen LogP contribution in [-0.4, -0.2) is 47.8 Å². The summed E-state index contributed by atoms with van der Waals surface area (Å²) in [5.41, 5.74) is 1.09. The first kappa shape index (κ1) is 14.6. The highest BCUT2D eigenvalue weighted by molar-refractivity contribution is 7.09. The summed E-state index contributed by atoms with van der Waals surface area (Å²) in [5.74, 6) is 0. The lowest BCUT2D eigenvalue weighted by Gasteiger charge is -2.19. The molecule has 0 bridgehead atoms. The highest BCUT2D eigenvalue weighted by Gasteiger charge is 2.09. The Hall–Kier alpha value is -0.490. The van der Waals surface area contributed by atoms with Crippen molar-refractivity contribution < 1.29 is 5.11 Å². The van der Waals surface area contributed by atoms with E-state index in [2.05, 4.69) is 27.5 Å². The van der Waals surface area contributed by atoms with Gasteiger partial charge in [0.15, 0.2) is 0 Å². The molecule has 0 aliphatic heterocycles. The minimum Gasteiger partial charge on any atom is -0.390 e. The largest absolute Gasteiger partial charge is 0.390 e. The molecule has 0 aliphatic rings. The fourth-order valence-corrected chi connectivity index (χ4v) is 2.30. The maximum atomic E-state index is 9.81. The standard InChI is InChI=1S/C12H23N3OS/c1-4-5-13-6-12(16)8-15(3)7-11-9-17-10(2)14-11/h9,12-13,16H,4-8H2,1-3H3. The zero-order valence-electron chi connectivity index (χ0n) is 10.9. The zero-order valence-corrected chi connectivity index (χ0v) is 11.8. The van der Waals surface area contributed by atoms with Gasteiger partial charge in [-0.2, -0.15) is 0 Å². The van der Waals surface area contributed by atoms with Crippen molar-refractivity contribution in [3.8, 4) is 0 Å². The van der Waals surface area contributed by atoms with Gasteiger partial charge >= 0.3 is 0 Å². The number of aryl methyl sites for hydroxylation is 1. The molecule has 4 nitrogen and oxygen atoms in total. The Morgan fingerprint density at radius 1 is 1.59 bits per heavy atom. The molecular weight excluding hydrogens is 234 g/mol. The molecule has 2 N–H and O–H groups in total. The SMILES string of the molecule is CCCNCC(O)CN(C)Cc1csc(C)n1. The summed E-state index contributed by atoms with van der Waals surface area (Å²) >= 11 is 1.67. The van der Waals surface area contributed by atoms with Gasteiger partial charge in [0.05, 0.1) is 16.8 Å². The van der Waals surface area contributed by atoms with E-state index in [9.17, 15) is 5.11 Å². The number of nitrogens with one attached hydrogen (secondary N) is 1. The summed E-state index contributed by atoms with van der Waals surface area (Å²) < 4.78 is 0. The quantitative estimate of drug-likeness (QED) is 0.688. The van der Waals surface area contributed by atoms with Crippen molar-refractivity contribution in [2.24, 2.45) is 0 Å². The maximum Gasteiger partial charge on any atom is 0.0897 e. The number of aliphatic hydroxyl groups is 1. The molecule has 0 amide bonds. The molecular formula is C12H23N3OS. The molecule has 1 atom stereocenters. The number of aliphatic hydroxyl groups excluding tert-OH is 1. The molecule has 0 spiro atoms. The van der Waals surface area contributed by atoms with Crippen molar-refractivity contribution in [2.45, 2.75) is 32.9 Å². The lowest BCUT2D eigenvalue weighted by molar-refractivity contribution is 0.121. The van der Waals surface area contributed by atoms with Gasteiger partial charge in [-0.3, -0.25) is 4.90 Å². The van der Waals surface area contributed by atoms with Gasteiger partial charge < -0.3 is 10.4 Å². The molecule has 5 heteroatoms. The van der Waals surface area contributed by atoms with Crippen LogP contribution in [0, 0.1) is 6.92 Å². The zero-order chi connectivity index (χ0) is 12.7. The molecule has 1 rings (SSSR count). The molecule has 1 aromatic heterocycles. The van der Waals surface area contributed by atoms with Crippen LogP contribution in [0.4, 0.5) is 0 Å². The topological polar surface area (TPSA) is 48.4 Å². The maximum absolute atomic E-state index is 9.81.